The van der Waals surface area contributed by atoms with Gasteiger partial charge in [0, 0.05) is 22.7 Å². The van der Waals surface area contributed by atoms with Crippen LogP contribution < -0.4 is 4.74 Å². The molecule has 4 rings (SSSR count). The van der Waals surface area contributed by atoms with E-state index in [1.165, 1.54) is 12.8 Å². The Morgan fingerprint density at radius 3 is 2.45 bits per heavy atom. The van der Waals surface area contributed by atoms with E-state index < -0.39 is 0 Å². The van der Waals surface area contributed by atoms with E-state index in [-0.39, 0.29) is 11.9 Å². The van der Waals surface area contributed by atoms with E-state index in [1.807, 2.05) is 41.3 Å². The molecule has 1 aromatic heterocycles. The molecule has 6 heteroatoms. The quantitative estimate of drug-likeness (QED) is 0.402. The second kappa shape index (κ2) is 9.56. The molecule has 0 fully saturated rings. The van der Waals surface area contributed by atoms with Gasteiger partial charge in [0.1, 0.15) is 11.4 Å². The number of amides is 1. The van der Waals surface area contributed by atoms with Crippen LogP contribution in [0, 0.1) is 0 Å². The van der Waals surface area contributed by atoms with Crippen molar-refractivity contribution < 1.29 is 9.53 Å². The van der Waals surface area contributed by atoms with Crippen LogP contribution in [-0.4, -0.2) is 34.2 Å². The van der Waals surface area contributed by atoms with E-state index in [4.69, 9.17) is 16.3 Å². The van der Waals surface area contributed by atoms with Crippen molar-refractivity contribution in [1.82, 2.24) is 15.1 Å². The summed E-state index contributed by atoms with van der Waals surface area (Å²) in [5.41, 5.74) is 4.29. The number of aromatic amines is 1. The fraction of sp³-hybridized carbons (Fsp3) is 0.360. The second-order valence-corrected chi connectivity index (χ2v) is 8.33. The largest absolute Gasteiger partial charge is 0.494 e. The number of ether oxygens (including phenoxy) is 1. The second-order valence-electron chi connectivity index (χ2n) is 7.89. The molecule has 0 saturated heterocycles. The van der Waals surface area contributed by atoms with Gasteiger partial charge in [-0.15, -0.1) is 0 Å². The third-order valence-electron chi connectivity index (χ3n) is 5.66. The Labute approximate surface area is 188 Å². The van der Waals surface area contributed by atoms with E-state index in [9.17, 15) is 4.79 Å². The Hall–Kier alpha value is -2.79. The summed E-state index contributed by atoms with van der Waals surface area (Å²) in [5.74, 6) is 0.853. The van der Waals surface area contributed by atoms with Gasteiger partial charge in [0.2, 0.25) is 0 Å². The van der Waals surface area contributed by atoms with Gasteiger partial charge in [0.05, 0.1) is 18.3 Å². The molecular weight excluding hydrogens is 410 g/mol. The van der Waals surface area contributed by atoms with Crippen LogP contribution in [0.25, 0.3) is 11.3 Å². The highest BCUT2D eigenvalue weighted by molar-refractivity contribution is 6.30. The molecule has 1 aliphatic rings. The number of H-pyrrole nitrogens is 1. The summed E-state index contributed by atoms with van der Waals surface area (Å²) in [6, 6.07) is 15.5. The summed E-state index contributed by atoms with van der Waals surface area (Å²) < 4.78 is 5.87. The number of benzene rings is 2. The Balaban J connectivity index is 1.67. The molecule has 0 bridgehead atoms. The lowest BCUT2D eigenvalue weighted by molar-refractivity contribution is 0.0744. The monoisotopic (exact) mass is 437 g/mol. The fourth-order valence-electron chi connectivity index (χ4n) is 4.13. The van der Waals surface area contributed by atoms with E-state index >= 15 is 0 Å². The van der Waals surface area contributed by atoms with Crippen LogP contribution in [-0.2, 0) is 0 Å². The summed E-state index contributed by atoms with van der Waals surface area (Å²) in [5, 5.41) is 8.16. The SMILES string of the molecule is CCCCCOc1ccc(C2c3c(-c4ccc(Cl)cc4)n[nH]c3C(=O)N2CCC)cc1. The summed E-state index contributed by atoms with van der Waals surface area (Å²) >= 11 is 6.07. The lowest BCUT2D eigenvalue weighted by Gasteiger charge is -2.26. The predicted octanol–water partition coefficient (Wildman–Crippen LogP) is 6.25. The van der Waals surface area contributed by atoms with Crippen LogP contribution in [0.2, 0.25) is 5.02 Å². The van der Waals surface area contributed by atoms with Gasteiger partial charge in [-0.25, -0.2) is 0 Å². The maximum absolute atomic E-state index is 13.1. The normalized spacial score (nSPS) is 15.4. The predicted molar refractivity (Wildman–Crippen MR) is 124 cm³/mol. The molecule has 2 heterocycles. The Morgan fingerprint density at radius 1 is 1.03 bits per heavy atom. The van der Waals surface area contributed by atoms with Crippen LogP contribution in [0.3, 0.4) is 0 Å². The molecule has 162 valence electrons. The number of nitrogens with zero attached hydrogens (tertiary/aromatic N) is 2. The molecule has 0 radical (unpaired) electrons. The molecule has 3 aromatic rings. The van der Waals surface area contributed by atoms with Crippen molar-refractivity contribution in [3.05, 3.63) is 70.4 Å². The zero-order chi connectivity index (χ0) is 21.8. The molecule has 1 N–H and O–H groups in total. The number of carbonyl (C=O) groups is 1. The zero-order valence-electron chi connectivity index (χ0n) is 18.0. The van der Waals surface area contributed by atoms with Crippen molar-refractivity contribution in [3.8, 4) is 17.0 Å². The Morgan fingerprint density at radius 2 is 1.77 bits per heavy atom. The van der Waals surface area contributed by atoms with Crippen LogP contribution in [0.5, 0.6) is 5.75 Å². The van der Waals surface area contributed by atoms with Gasteiger partial charge in [0.25, 0.3) is 5.91 Å². The van der Waals surface area contributed by atoms with E-state index in [0.717, 1.165) is 47.6 Å². The van der Waals surface area contributed by atoms with Gasteiger partial charge >= 0.3 is 0 Å². The van der Waals surface area contributed by atoms with Gasteiger partial charge in [-0.05, 0) is 42.7 Å². The van der Waals surface area contributed by atoms with Gasteiger partial charge in [-0.1, -0.05) is 62.6 Å². The topological polar surface area (TPSA) is 58.2 Å². The minimum absolute atomic E-state index is 0.00513. The number of hydrogen-bond donors (Lipinski definition) is 1. The first-order valence-corrected chi connectivity index (χ1v) is 11.4. The molecule has 0 spiro atoms. The number of carbonyl (C=O) groups excluding carboxylic acids is 1. The fourth-order valence-corrected chi connectivity index (χ4v) is 4.26. The smallest absolute Gasteiger partial charge is 0.273 e. The molecule has 2 aromatic carbocycles. The number of aromatic nitrogens is 2. The first kappa shape index (κ1) is 21.4. The minimum atomic E-state index is -0.180. The lowest BCUT2D eigenvalue weighted by Crippen LogP contribution is -2.30. The van der Waals surface area contributed by atoms with Crippen molar-refractivity contribution in [1.29, 1.82) is 0 Å². The van der Waals surface area contributed by atoms with Gasteiger partial charge in [-0.2, -0.15) is 5.10 Å². The van der Waals surface area contributed by atoms with Crippen molar-refractivity contribution in [2.24, 2.45) is 0 Å². The highest BCUT2D eigenvalue weighted by Gasteiger charge is 2.41. The molecule has 1 atom stereocenters. The first-order chi connectivity index (χ1) is 15.1. The molecular formula is C25H28ClN3O2. The standard InChI is InChI=1S/C25H28ClN3O2/c1-3-5-6-16-31-20-13-9-18(10-14-20)24-21-22(17-7-11-19(26)12-8-17)27-28-23(21)25(30)29(24)15-4-2/h7-14,24H,3-6,15-16H2,1-2H3,(H,27,28). The molecule has 1 aliphatic heterocycles. The number of hydrogen-bond acceptors (Lipinski definition) is 3. The first-order valence-electron chi connectivity index (χ1n) is 11.0. The van der Waals surface area contributed by atoms with Gasteiger partial charge in [-0.3, -0.25) is 9.89 Å². The third-order valence-corrected chi connectivity index (χ3v) is 5.91. The van der Waals surface area contributed by atoms with Crippen molar-refractivity contribution in [2.75, 3.05) is 13.2 Å². The van der Waals surface area contributed by atoms with Crippen molar-refractivity contribution in [2.45, 2.75) is 45.6 Å². The molecule has 0 aliphatic carbocycles. The van der Waals surface area contributed by atoms with Crippen molar-refractivity contribution in [3.63, 3.8) is 0 Å². The van der Waals surface area contributed by atoms with E-state index in [0.29, 0.717) is 17.3 Å². The van der Waals surface area contributed by atoms with E-state index in [2.05, 4.69) is 36.2 Å². The van der Waals surface area contributed by atoms with Crippen LogP contribution in [0.1, 0.15) is 67.2 Å². The van der Waals surface area contributed by atoms with Crippen LogP contribution in [0.15, 0.2) is 48.5 Å². The summed E-state index contributed by atoms with van der Waals surface area (Å²) in [7, 11) is 0. The summed E-state index contributed by atoms with van der Waals surface area (Å²) in [4.78, 5) is 15.1. The molecule has 1 amide bonds. The average Bonchev–Trinajstić information content (AvgIpc) is 3.32. The number of nitrogens with one attached hydrogen (secondary N) is 1. The minimum Gasteiger partial charge on any atom is -0.494 e. The molecule has 1 unspecified atom stereocenters. The highest BCUT2D eigenvalue weighted by atomic mass is 35.5. The third kappa shape index (κ3) is 4.33. The van der Waals surface area contributed by atoms with Crippen molar-refractivity contribution >= 4 is 17.5 Å². The number of rotatable bonds is 9. The highest BCUT2D eigenvalue weighted by Crippen LogP contribution is 2.43. The molecule has 0 saturated carbocycles. The van der Waals surface area contributed by atoms with Crippen LogP contribution >= 0.6 is 11.6 Å². The average molecular weight is 438 g/mol. The summed E-state index contributed by atoms with van der Waals surface area (Å²) in [6.45, 7) is 5.68. The lowest BCUT2D eigenvalue weighted by atomic mass is 9.96. The Kier molecular flexibility index (Phi) is 6.62. The zero-order valence-corrected chi connectivity index (χ0v) is 18.8. The summed E-state index contributed by atoms with van der Waals surface area (Å²) in [6.07, 6.45) is 4.29. The van der Waals surface area contributed by atoms with Gasteiger partial charge < -0.3 is 9.64 Å². The maximum Gasteiger partial charge on any atom is 0.273 e. The number of fused-ring (bicyclic) bond motifs is 1. The van der Waals surface area contributed by atoms with Gasteiger partial charge in [0.15, 0.2) is 0 Å². The molecule has 31 heavy (non-hydrogen) atoms. The number of halogens is 1. The van der Waals surface area contributed by atoms with E-state index in [1.54, 1.807) is 0 Å². The number of unbranched alkanes of at least 4 members (excludes halogenated alkanes) is 2. The van der Waals surface area contributed by atoms with Crippen LogP contribution in [0.4, 0.5) is 0 Å². The Bertz CT molecular complexity index is 1030. The molecule has 5 nitrogen and oxygen atoms in total. The maximum atomic E-state index is 13.1.